The van der Waals surface area contributed by atoms with Gasteiger partial charge in [-0.2, -0.15) is 0 Å². The van der Waals surface area contributed by atoms with Crippen molar-refractivity contribution >= 4 is 27.8 Å². The second kappa shape index (κ2) is 9.96. The van der Waals surface area contributed by atoms with Crippen LogP contribution >= 0.6 is 0 Å². The first-order chi connectivity index (χ1) is 18.2. The molecule has 1 aromatic heterocycles. The molecule has 184 valence electrons. The summed E-state index contributed by atoms with van der Waals surface area (Å²) in [6, 6.07) is 24.8. The molecule has 2 aliphatic rings. The van der Waals surface area contributed by atoms with E-state index in [0.717, 1.165) is 51.1 Å². The molecule has 0 bridgehead atoms. The molecule has 37 heavy (non-hydrogen) atoms. The third kappa shape index (κ3) is 4.74. The first kappa shape index (κ1) is 23.1. The van der Waals surface area contributed by atoms with Crippen LogP contribution in [0.25, 0.3) is 21.9 Å². The standard InChI is InChI=1S/C32H29N3O2/c1-3-25-13-9-12-23(17-16-21(2)36-25)31-33-30(22-10-5-4-6-11-22)34-32(35-31)24-18-19-27-26-14-7-8-15-28(26)37-29(27)20-24/h4-20,23,31-32,35H,2-3H2,1H3,(H,33,34)/b12-9-,17-16-,25-13+. The molecule has 2 N–H and O–H groups in total. The summed E-state index contributed by atoms with van der Waals surface area (Å²) in [4.78, 5) is 5.09. The van der Waals surface area contributed by atoms with Crippen molar-refractivity contribution in [3.8, 4) is 0 Å². The Morgan fingerprint density at radius 2 is 1.73 bits per heavy atom. The smallest absolute Gasteiger partial charge is 0.135 e. The second-order valence-corrected chi connectivity index (χ2v) is 9.26. The summed E-state index contributed by atoms with van der Waals surface area (Å²) in [6.07, 6.45) is 10.7. The lowest BCUT2D eigenvalue weighted by Crippen LogP contribution is -2.50. The van der Waals surface area contributed by atoms with Crippen LogP contribution in [-0.4, -0.2) is 12.0 Å². The van der Waals surface area contributed by atoms with Crippen LogP contribution < -0.4 is 10.6 Å². The molecular weight excluding hydrogens is 458 g/mol. The van der Waals surface area contributed by atoms with Gasteiger partial charge in [-0.1, -0.05) is 92.4 Å². The van der Waals surface area contributed by atoms with Crippen LogP contribution in [0.2, 0.25) is 0 Å². The van der Waals surface area contributed by atoms with Crippen LogP contribution in [0.4, 0.5) is 0 Å². The van der Waals surface area contributed by atoms with E-state index in [4.69, 9.17) is 14.1 Å². The monoisotopic (exact) mass is 487 g/mol. The van der Waals surface area contributed by atoms with Gasteiger partial charge in [0.2, 0.25) is 0 Å². The number of ether oxygens (including phenoxy) is 1. The van der Waals surface area contributed by atoms with Crippen LogP contribution in [0.15, 0.2) is 131 Å². The fourth-order valence-corrected chi connectivity index (χ4v) is 4.83. The van der Waals surface area contributed by atoms with Gasteiger partial charge in [0.1, 0.15) is 40.9 Å². The second-order valence-electron chi connectivity index (χ2n) is 9.26. The first-order valence-electron chi connectivity index (χ1n) is 12.7. The van der Waals surface area contributed by atoms with Gasteiger partial charge in [0.05, 0.1) is 0 Å². The van der Waals surface area contributed by atoms with E-state index in [2.05, 4.69) is 72.7 Å². The SMILES string of the molecule is C=C1/C=C\C(C2N=C(c3ccccc3)NC(c3ccc4c(c3)oc3ccccc34)N2)/C=C\C=C(/CC)O1. The average Bonchev–Trinajstić information content (AvgIpc) is 3.35. The van der Waals surface area contributed by atoms with Gasteiger partial charge in [-0.05, 0) is 29.8 Å². The van der Waals surface area contributed by atoms with E-state index in [9.17, 15) is 0 Å². The quantitative estimate of drug-likeness (QED) is 0.322. The molecule has 5 nitrogen and oxygen atoms in total. The Balaban J connectivity index is 1.39. The molecular formula is C32H29N3O2. The van der Waals surface area contributed by atoms with Crippen LogP contribution in [0.5, 0.6) is 0 Å². The molecule has 0 aliphatic carbocycles. The number of nitrogens with one attached hydrogen (secondary N) is 2. The van der Waals surface area contributed by atoms with E-state index in [1.807, 2.05) is 54.6 Å². The molecule has 0 radical (unpaired) electrons. The van der Waals surface area contributed by atoms with Crippen molar-refractivity contribution in [3.05, 3.63) is 132 Å². The van der Waals surface area contributed by atoms with Gasteiger partial charge in [0, 0.05) is 28.7 Å². The lowest BCUT2D eigenvalue weighted by Gasteiger charge is -2.34. The average molecular weight is 488 g/mol. The highest BCUT2D eigenvalue weighted by atomic mass is 16.5. The van der Waals surface area contributed by atoms with Crippen molar-refractivity contribution in [1.82, 2.24) is 10.6 Å². The Hall–Kier alpha value is -4.35. The lowest BCUT2D eigenvalue weighted by atomic mass is 10.0. The number of amidine groups is 1. The third-order valence-electron chi connectivity index (χ3n) is 6.77. The van der Waals surface area contributed by atoms with Crippen molar-refractivity contribution in [3.63, 3.8) is 0 Å². The fourth-order valence-electron chi connectivity index (χ4n) is 4.83. The molecule has 0 saturated carbocycles. The number of hydrogen-bond acceptors (Lipinski definition) is 5. The van der Waals surface area contributed by atoms with Crippen molar-refractivity contribution in [1.29, 1.82) is 0 Å². The van der Waals surface area contributed by atoms with Gasteiger partial charge in [0.25, 0.3) is 0 Å². The number of rotatable bonds is 4. The van der Waals surface area contributed by atoms with Crippen molar-refractivity contribution in [2.75, 3.05) is 0 Å². The van der Waals surface area contributed by atoms with E-state index < -0.39 is 0 Å². The maximum atomic E-state index is 6.18. The van der Waals surface area contributed by atoms with E-state index in [-0.39, 0.29) is 18.2 Å². The van der Waals surface area contributed by atoms with Crippen molar-refractivity contribution < 1.29 is 9.15 Å². The maximum Gasteiger partial charge on any atom is 0.135 e. The normalized spacial score (nSPS) is 25.1. The number of aliphatic imine (C=N–C) groups is 1. The summed E-state index contributed by atoms with van der Waals surface area (Å²) in [5.41, 5.74) is 3.89. The van der Waals surface area contributed by atoms with E-state index >= 15 is 0 Å². The van der Waals surface area contributed by atoms with Gasteiger partial charge in [-0.15, -0.1) is 0 Å². The Bertz CT molecular complexity index is 1580. The number of allylic oxidation sites excluding steroid dienone is 4. The summed E-state index contributed by atoms with van der Waals surface area (Å²) in [5.74, 6) is 2.34. The molecule has 3 unspecified atom stereocenters. The molecule has 0 saturated heterocycles. The van der Waals surface area contributed by atoms with Gasteiger partial charge in [-0.3, -0.25) is 5.32 Å². The number of benzene rings is 3. The van der Waals surface area contributed by atoms with Gasteiger partial charge in [0.15, 0.2) is 0 Å². The minimum absolute atomic E-state index is 0.00829. The number of nitrogens with zero attached hydrogens (tertiary/aromatic N) is 1. The number of para-hydroxylation sites is 1. The van der Waals surface area contributed by atoms with Gasteiger partial charge < -0.3 is 14.5 Å². The third-order valence-corrected chi connectivity index (χ3v) is 6.77. The van der Waals surface area contributed by atoms with Crippen molar-refractivity contribution in [2.24, 2.45) is 10.9 Å². The maximum absolute atomic E-state index is 6.18. The van der Waals surface area contributed by atoms with E-state index in [1.165, 1.54) is 0 Å². The zero-order valence-electron chi connectivity index (χ0n) is 20.7. The number of furan rings is 1. The van der Waals surface area contributed by atoms with E-state index in [0.29, 0.717) is 5.76 Å². The summed E-state index contributed by atoms with van der Waals surface area (Å²) in [7, 11) is 0. The largest absolute Gasteiger partial charge is 0.462 e. The van der Waals surface area contributed by atoms with Crippen molar-refractivity contribution in [2.45, 2.75) is 25.7 Å². The number of hydrogen-bond donors (Lipinski definition) is 2. The van der Waals surface area contributed by atoms with Crippen LogP contribution in [0, 0.1) is 5.92 Å². The van der Waals surface area contributed by atoms with Gasteiger partial charge >= 0.3 is 0 Å². The first-order valence-corrected chi connectivity index (χ1v) is 12.7. The predicted molar refractivity (Wildman–Crippen MR) is 150 cm³/mol. The number of fused-ring (bicyclic) bond motifs is 3. The Kier molecular flexibility index (Phi) is 6.21. The zero-order valence-corrected chi connectivity index (χ0v) is 20.7. The van der Waals surface area contributed by atoms with Crippen LogP contribution in [0.1, 0.15) is 30.6 Å². The molecule has 5 heteroatoms. The summed E-state index contributed by atoms with van der Waals surface area (Å²) in [5, 5.41) is 9.57. The summed E-state index contributed by atoms with van der Waals surface area (Å²) >= 11 is 0. The molecule has 3 heterocycles. The molecule has 2 aliphatic heterocycles. The van der Waals surface area contributed by atoms with Gasteiger partial charge in [-0.25, -0.2) is 4.99 Å². The zero-order chi connectivity index (χ0) is 25.2. The minimum atomic E-state index is -0.204. The molecule has 3 aromatic carbocycles. The molecule has 3 atom stereocenters. The molecule has 6 rings (SSSR count). The highest BCUT2D eigenvalue weighted by Gasteiger charge is 2.28. The van der Waals surface area contributed by atoms with E-state index in [1.54, 1.807) is 0 Å². The summed E-state index contributed by atoms with van der Waals surface area (Å²) < 4.78 is 12.0. The Morgan fingerprint density at radius 3 is 2.59 bits per heavy atom. The Morgan fingerprint density at radius 1 is 0.919 bits per heavy atom. The summed E-state index contributed by atoms with van der Waals surface area (Å²) in [6.45, 7) is 6.12. The predicted octanol–water partition coefficient (Wildman–Crippen LogP) is 7.12. The lowest BCUT2D eigenvalue weighted by molar-refractivity contribution is 0.310. The fraction of sp³-hybridized carbons (Fsp3) is 0.156. The molecule has 0 amide bonds. The Labute approximate surface area is 216 Å². The molecule has 4 aromatic rings. The van der Waals surface area contributed by atoms with Crippen LogP contribution in [-0.2, 0) is 4.74 Å². The highest BCUT2D eigenvalue weighted by molar-refractivity contribution is 6.05. The highest BCUT2D eigenvalue weighted by Crippen LogP contribution is 2.31. The molecule has 0 fully saturated rings. The topological polar surface area (TPSA) is 58.8 Å². The molecule has 0 spiro atoms. The minimum Gasteiger partial charge on any atom is -0.462 e. The van der Waals surface area contributed by atoms with Crippen LogP contribution in [0.3, 0.4) is 0 Å².